The van der Waals surface area contributed by atoms with E-state index in [2.05, 4.69) is 5.32 Å². The molecule has 0 aliphatic carbocycles. The second-order valence-corrected chi connectivity index (χ2v) is 11.5. The number of methoxy groups -OCH3 is 1. The Labute approximate surface area is 239 Å². The van der Waals surface area contributed by atoms with Crippen molar-refractivity contribution in [2.75, 3.05) is 24.5 Å². The summed E-state index contributed by atoms with van der Waals surface area (Å²) in [7, 11) is -2.71. The van der Waals surface area contributed by atoms with Crippen LogP contribution in [0.4, 0.5) is 5.69 Å². The van der Waals surface area contributed by atoms with E-state index in [1.807, 2.05) is 6.92 Å². The van der Waals surface area contributed by atoms with Crippen molar-refractivity contribution in [3.8, 4) is 5.75 Å². The summed E-state index contributed by atoms with van der Waals surface area (Å²) in [6, 6.07) is 18.3. The molecular formula is C28H31Cl2N3O5S. The summed E-state index contributed by atoms with van der Waals surface area (Å²) in [5.41, 5.74) is 0.752. The maximum Gasteiger partial charge on any atom is 0.264 e. The number of rotatable bonds is 12. The van der Waals surface area contributed by atoms with Gasteiger partial charge in [-0.15, -0.1) is 0 Å². The first-order valence-corrected chi connectivity index (χ1v) is 14.5. The normalized spacial score (nSPS) is 11.9. The van der Waals surface area contributed by atoms with Crippen molar-refractivity contribution in [1.29, 1.82) is 0 Å². The minimum Gasteiger partial charge on any atom is -0.497 e. The molecule has 0 heterocycles. The van der Waals surface area contributed by atoms with Gasteiger partial charge in [0.2, 0.25) is 11.8 Å². The monoisotopic (exact) mass is 591 g/mol. The van der Waals surface area contributed by atoms with Gasteiger partial charge >= 0.3 is 0 Å². The zero-order chi connectivity index (χ0) is 28.6. The van der Waals surface area contributed by atoms with Crippen LogP contribution in [0.1, 0.15) is 25.8 Å². The van der Waals surface area contributed by atoms with E-state index in [1.165, 1.54) is 42.3 Å². The van der Waals surface area contributed by atoms with E-state index in [9.17, 15) is 18.0 Å². The van der Waals surface area contributed by atoms with E-state index in [0.29, 0.717) is 17.9 Å². The van der Waals surface area contributed by atoms with Crippen LogP contribution in [0.3, 0.4) is 0 Å². The quantitative estimate of drug-likeness (QED) is 0.314. The zero-order valence-electron chi connectivity index (χ0n) is 21.9. The molecule has 0 bridgehead atoms. The zero-order valence-corrected chi connectivity index (χ0v) is 24.3. The lowest BCUT2D eigenvalue weighted by atomic mass is 10.1. The average Bonchev–Trinajstić information content (AvgIpc) is 2.94. The Morgan fingerprint density at radius 1 is 1.00 bits per heavy atom. The second kappa shape index (κ2) is 13.7. The van der Waals surface area contributed by atoms with Crippen molar-refractivity contribution in [2.24, 2.45) is 0 Å². The van der Waals surface area contributed by atoms with Crippen LogP contribution in [0.2, 0.25) is 10.0 Å². The summed E-state index contributed by atoms with van der Waals surface area (Å²) < 4.78 is 33.8. The Balaban J connectivity index is 2.05. The molecule has 208 valence electrons. The number of hydrogen-bond acceptors (Lipinski definition) is 5. The van der Waals surface area contributed by atoms with Gasteiger partial charge in [-0.3, -0.25) is 13.9 Å². The van der Waals surface area contributed by atoms with Crippen LogP contribution >= 0.6 is 23.2 Å². The number of anilines is 1. The lowest BCUT2D eigenvalue weighted by Crippen LogP contribution is -2.51. The number of nitrogens with one attached hydrogen (secondary N) is 1. The van der Waals surface area contributed by atoms with Gasteiger partial charge in [0.05, 0.1) is 22.7 Å². The third-order valence-electron chi connectivity index (χ3n) is 5.99. The first kappa shape index (κ1) is 30.3. The highest BCUT2D eigenvalue weighted by Gasteiger charge is 2.33. The van der Waals surface area contributed by atoms with E-state index in [1.54, 1.807) is 49.4 Å². The highest BCUT2D eigenvalue weighted by molar-refractivity contribution is 7.92. The van der Waals surface area contributed by atoms with Crippen LogP contribution in [-0.4, -0.2) is 51.4 Å². The predicted octanol–water partition coefficient (Wildman–Crippen LogP) is 5.14. The molecule has 1 N–H and O–H groups in total. The molecule has 3 aromatic carbocycles. The summed E-state index contributed by atoms with van der Waals surface area (Å²) in [5.74, 6) is -0.374. The van der Waals surface area contributed by atoms with Gasteiger partial charge in [-0.05, 0) is 61.4 Å². The third kappa shape index (κ3) is 7.65. The minimum absolute atomic E-state index is 0.0260. The number of nitrogens with zero attached hydrogens (tertiary/aromatic N) is 2. The molecule has 0 aliphatic rings. The fraction of sp³-hybridized carbons (Fsp3) is 0.286. The first-order chi connectivity index (χ1) is 18.6. The lowest BCUT2D eigenvalue weighted by molar-refractivity contribution is -0.139. The molecule has 0 unspecified atom stereocenters. The van der Waals surface area contributed by atoms with Gasteiger partial charge in [-0.1, -0.05) is 60.5 Å². The van der Waals surface area contributed by atoms with Crippen LogP contribution in [0, 0.1) is 0 Å². The van der Waals surface area contributed by atoms with Crippen molar-refractivity contribution in [3.05, 3.63) is 88.4 Å². The Bertz CT molecular complexity index is 1400. The number of sulfonamides is 1. The summed E-state index contributed by atoms with van der Waals surface area (Å²) in [5, 5.41) is 3.15. The first-order valence-electron chi connectivity index (χ1n) is 12.3. The van der Waals surface area contributed by atoms with E-state index in [0.717, 1.165) is 10.7 Å². The van der Waals surface area contributed by atoms with Gasteiger partial charge in [0.15, 0.2) is 0 Å². The Morgan fingerprint density at radius 2 is 1.72 bits per heavy atom. The summed E-state index contributed by atoms with van der Waals surface area (Å²) in [6.45, 7) is 3.39. The van der Waals surface area contributed by atoms with Crippen LogP contribution in [-0.2, 0) is 26.2 Å². The van der Waals surface area contributed by atoms with Crippen LogP contribution < -0.4 is 14.4 Å². The number of benzene rings is 3. The minimum atomic E-state index is -4.24. The predicted molar refractivity (Wildman–Crippen MR) is 154 cm³/mol. The highest BCUT2D eigenvalue weighted by Crippen LogP contribution is 2.33. The summed E-state index contributed by atoms with van der Waals surface area (Å²) in [6.07, 6.45) is 0.721. The van der Waals surface area contributed by atoms with Crippen molar-refractivity contribution >= 4 is 50.7 Å². The smallest absolute Gasteiger partial charge is 0.264 e. The molecule has 11 heteroatoms. The number of halogens is 2. The van der Waals surface area contributed by atoms with Crippen molar-refractivity contribution < 1.29 is 22.7 Å². The Hall–Kier alpha value is -3.27. The Morgan fingerprint density at radius 3 is 2.38 bits per heavy atom. The second-order valence-electron chi connectivity index (χ2n) is 8.76. The number of carbonyl (C=O) groups excluding carboxylic acids is 2. The van der Waals surface area contributed by atoms with Gasteiger partial charge in [0.25, 0.3) is 10.0 Å². The molecule has 0 fully saturated rings. The van der Waals surface area contributed by atoms with Crippen LogP contribution in [0.15, 0.2) is 77.7 Å². The molecule has 0 spiro atoms. The maximum atomic E-state index is 13.9. The number of hydrogen-bond donors (Lipinski definition) is 1. The average molecular weight is 593 g/mol. The van der Waals surface area contributed by atoms with Gasteiger partial charge < -0.3 is 15.0 Å². The topological polar surface area (TPSA) is 96.0 Å². The van der Waals surface area contributed by atoms with Crippen LogP contribution in [0.25, 0.3) is 0 Å². The third-order valence-corrected chi connectivity index (χ3v) is 8.32. The maximum absolute atomic E-state index is 13.9. The fourth-order valence-electron chi connectivity index (χ4n) is 3.86. The molecule has 1 atom stereocenters. The van der Waals surface area contributed by atoms with Gasteiger partial charge in [0, 0.05) is 18.1 Å². The SMILES string of the molecule is CCCNC(=O)[C@@H](C)N(Cc1cccc(OC)c1)C(=O)CN(c1cc(Cl)ccc1Cl)S(=O)(=O)c1ccccc1. The molecule has 0 saturated heterocycles. The number of ether oxygens (including phenoxy) is 1. The molecular weight excluding hydrogens is 561 g/mol. The molecule has 0 aliphatic heterocycles. The van der Waals surface area contributed by atoms with E-state index < -0.39 is 28.5 Å². The van der Waals surface area contributed by atoms with E-state index in [-0.39, 0.29) is 33.1 Å². The fourth-order valence-corrected chi connectivity index (χ4v) is 5.74. The van der Waals surface area contributed by atoms with Crippen LogP contribution in [0.5, 0.6) is 5.75 Å². The van der Waals surface area contributed by atoms with Gasteiger partial charge in [-0.2, -0.15) is 0 Å². The van der Waals surface area contributed by atoms with Crippen molar-refractivity contribution in [3.63, 3.8) is 0 Å². The highest BCUT2D eigenvalue weighted by atomic mass is 35.5. The molecule has 3 rings (SSSR count). The lowest BCUT2D eigenvalue weighted by Gasteiger charge is -2.32. The molecule has 2 amide bonds. The number of carbonyl (C=O) groups is 2. The molecule has 8 nitrogen and oxygen atoms in total. The molecule has 0 saturated carbocycles. The van der Waals surface area contributed by atoms with Gasteiger partial charge in [0.1, 0.15) is 18.3 Å². The number of amides is 2. The van der Waals surface area contributed by atoms with E-state index >= 15 is 0 Å². The molecule has 3 aromatic rings. The standard InChI is InChI=1S/C28H31Cl2N3O5S/c1-4-15-31-28(35)20(2)32(18-21-9-8-10-23(16-21)38-3)27(34)19-33(26-17-22(29)13-14-25(26)30)39(36,37)24-11-6-5-7-12-24/h5-14,16-17,20H,4,15,18-19H2,1-3H3,(H,31,35)/t20-/m1/s1. The Kier molecular flexibility index (Phi) is 10.6. The summed E-state index contributed by atoms with van der Waals surface area (Å²) in [4.78, 5) is 28.2. The van der Waals surface area contributed by atoms with E-state index in [4.69, 9.17) is 27.9 Å². The van der Waals surface area contributed by atoms with Crippen molar-refractivity contribution in [1.82, 2.24) is 10.2 Å². The molecule has 0 radical (unpaired) electrons. The molecule has 39 heavy (non-hydrogen) atoms. The van der Waals surface area contributed by atoms with Gasteiger partial charge in [-0.25, -0.2) is 8.42 Å². The van der Waals surface area contributed by atoms with Crippen molar-refractivity contribution in [2.45, 2.75) is 37.8 Å². The largest absolute Gasteiger partial charge is 0.497 e. The summed E-state index contributed by atoms with van der Waals surface area (Å²) >= 11 is 12.6. The molecule has 0 aromatic heterocycles.